The number of nitrogens with zero attached hydrogens (tertiary/aromatic N) is 2. The number of ether oxygens (including phenoxy) is 1. The van der Waals surface area contributed by atoms with Gasteiger partial charge in [-0.15, -0.1) is 0 Å². The normalized spacial score (nSPS) is 11.7. The largest absolute Gasteiger partial charge is 0.451 e. The minimum Gasteiger partial charge on any atom is -0.451 e. The van der Waals surface area contributed by atoms with E-state index in [1.807, 2.05) is 6.92 Å². The Kier molecular flexibility index (Phi) is 4.01. The molecular formula is C17H13F3N2O2. The molecule has 124 valence electrons. The number of pyridine rings is 1. The van der Waals surface area contributed by atoms with E-state index in [1.54, 1.807) is 48.7 Å². The molecule has 0 aliphatic heterocycles. The second kappa shape index (κ2) is 5.99. The molecule has 0 unspecified atom stereocenters. The van der Waals surface area contributed by atoms with E-state index < -0.39 is 18.8 Å². The number of rotatable bonds is 3. The molecule has 0 N–H and O–H groups in total. The van der Waals surface area contributed by atoms with Crippen molar-refractivity contribution < 1.29 is 22.7 Å². The molecule has 1 aromatic carbocycles. The SMILES string of the molecule is Cc1ccn2c(C(=O)OCC(F)(F)F)c(-c3ccccc3)nc2c1. The van der Waals surface area contributed by atoms with Crippen LogP contribution in [0.3, 0.4) is 0 Å². The highest BCUT2D eigenvalue weighted by Crippen LogP contribution is 2.26. The van der Waals surface area contributed by atoms with Crippen molar-refractivity contribution >= 4 is 11.6 Å². The Morgan fingerprint density at radius 1 is 1.21 bits per heavy atom. The fourth-order valence-electron chi connectivity index (χ4n) is 2.35. The molecule has 7 heteroatoms. The van der Waals surface area contributed by atoms with Crippen LogP contribution in [0.1, 0.15) is 16.1 Å². The Balaban J connectivity index is 2.11. The number of esters is 1. The molecule has 0 saturated carbocycles. The van der Waals surface area contributed by atoms with E-state index in [1.165, 1.54) is 4.40 Å². The number of imidazole rings is 1. The van der Waals surface area contributed by atoms with Crippen LogP contribution < -0.4 is 0 Å². The maximum Gasteiger partial charge on any atom is 0.422 e. The Bertz CT molecular complexity index is 886. The topological polar surface area (TPSA) is 43.6 Å². The average molecular weight is 334 g/mol. The highest BCUT2D eigenvalue weighted by Gasteiger charge is 2.31. The number of alkyl halides is 3. The number of halogens is 3. The summed E-state index contributed by atoms with van der Waals surface area (Å²) >= 11 is 0. The number of benzene rings is 1. The molecule has 24 heavy (non-hydrogen) atoms. The van der Waals surface area contributed by atoms with Gasteiger partial charge in [-0.05, 0) is 24.6 Å². The van der Waals surface area contributed by atoms with Crippen LogP contribution in [-0.2, 0) is 4.74 Å². The Hall–Kier alpha value is -2.83. The molecule has 0 radical (unpaired) electrons. The zero-order chi connectivity index (χ0) is 17.3. The number of carbonyl (C=O) groups is 1. The minimum absolute atomic E-state index is 0.0274. The van der Waals surface area contributed by atoms with Crippen molar-refractivity contribution in [2.75, 3.05) is 6.61 Å². The summed E-state index contributed by atoms with van der Waals surface area (Å²) in [4.78, 5) is 16.7. The van der Waals surface area contributed by atoms with Gasteiger partial charge in [0.25, 0.3) is 0 Å². The van der Waals surface area contributed by atoms with E-state index in [-0.39, 0.29) is 11.4 Å². The quantitative estimate of drug-likeness (QED) is 0.679. The Morgan fingerprint density at radius 2 is 1.92 bits per heavy atom. The van der Waals surface area contributed by atoms with Gasteiger partial charge in [-0.25, -0.2) is 9.78 Å². The highest BCUT2D eigenvalue weighted by atomic mass is 19.4. The lowest BCUT2D eigenvalue weighted by molar-refractivity contribution is -0.161. The molecule has 3 aromatic rings. The van der Waals surface area contributed by atoms with E-state index in [9.17, 15) is 18.0 Å². The number of hydrogen-bond donors (Lipinski definition) is 0. The summed E-state index contributed by atoms with van der Waals surface area (Å²) in [5, 5.41) is 0. The summed E-state index contributed by atoms with van der Waals surface area (Å²) < 4.78 is 42.9. The number of carbonyl (C=O) groups excluding carboxylic acids is 1. The number of aromatic nitrogens is 2. The summed E-state index contributed by atoms with van der Waals surface area (Å²) in [5.74, 6) is -1.07. The standard InChI is InChI=1S/C17H13F3N2O2/c1-11-7-8-22-13(9-11)21-14(12-5-3-2-4-6-12)15(22)16(23)24-10-17(18,19)20/h2-9H,10H2,1H3. The van der Waals surface area contributed by atoms with Crippen LogP contribution >= 0.6 is 0 Å². The first kappa shape index (κ1) is 16.0. The van der Waals surface area contributed by atoms with Crippen molar-refractivity contribution in [3.63, 3.8) is 0 Å². The lowest BCUT2D eigenvalue weighted by Gasteiger charge is -2.09. The predicted molar refractivity (Wildman–Crippen MR) is 81.7 cm³/mol. The Labute approximate surface area is 135 Å². The van der Waals surface area contributed by atoms with Gasteiger partial charge in [0.05, 0.1) is 0 Å². The van der Waals surface area contributed by atoms with Crippen molar-refractivity contribution in [3.05, 3.63) is 59.9 Å². The zero-order valence-corrected chi connectivity index (χ0v) is 12.7. The van der Waals surface area contributed by atoms with Crippen LogP contribution in [0.25, 0.3) is 16.9 Å². The van der Waals surface area contributed by atoms with E-state index in [2.05, 4.69) is 9.72 Å². The number of aryl methyl sites for hydroxylation is 1. The summed E-state index contributed by atoms with van der Waals surface area (Å²) in [7, 11) is 0. The van der Waals surface area contributed by atoms with E-state index >= 15 is 0 Å². The highest BCUT2D eigenvalue weighted by molar-refractivity contribution is 5.96. The third kappa shape index (κ3) is 3.24. The smallest absolute Gasteiger partial charge is 0.422 e. The summed E-state index contributed by atoms with van der Waals surface area (Å²) in [6.45, 7) is 0.220. The van der Waals surface area contributed by atoms with E-state index in [0.717, 1.165) is 5.56 Å². The van der Waals surface area contributed by atoms with Gasteiger partial charge in [0.15, 0.2) is 12.3 Å². The van der Waals surface area contributed by atoms with Gasteiger partial charge in [-0.2, -0.15) is 13.2 Å². The van der Waals surface area contributed by atoms with Crippen LogP contribution in [0.15, 0.2) is 48.7 Å². The lowest BCUT2D eigenvalue weighted by atomic mass is 10.1. The maximum atomic E-state index is 12.3. The molecule has 0 aliphatic rings. The van der Waals surface area contributed by atoms with Gasteiger partial charge in [-0.3, -0.25) is 4.40 Å². The third-order valence-electron chi connectivity index (χ3n) is 3.39. The van der Waals surface area contributed by atoms with Crippen LogP contribution in [0.4, 0.5) is 13.2 Å². The summed E-state index contributed by atoms with van der Waals surface area (Å²) in [6, 6.07) is 12.3. The van der Waals surface area contributed by atoms with Crippen molar-refractivity contribution in [3.8, 4) is 11.3 Å². The molecule has 0 amide bonds. The molecule has 0 spiro atoms. The summed E-state index contributed by atoms with van der Waals surface area (Å²) in [6.07, 6.45) is -2.99. The van der Waals surface area contributed by atoms with E-state index in [0.29, 0.717) is 11.2 Å². The molecule has 3 rings (SSSR count). The number of hydrogen-bond acceptors (Lipinski definition) is 3. The first-order chi connectivity index (χ1) is 11.3. The van der Waals surface area contributed by atoms with Crippen LogP contribution in [0.5, 0.6) is 0 Å². The third-order valence-corrected chi connectivity index (χ3v) is 3.39. The molecule has 0 bridgehead atoms. The average Bonchev–Trinajstić information content (AvgIpc) is 2.91. The second-order valence-electron chi connectivity index (χ2n) is 5.30. The first-order valence-electron chi connectivity index (χ1n) is 7.13. The second-order valence-corrected chi connectivity index (χ2v) is 5.30. The molecule has 0 saturated heterocycles. The van der Waals surface area contributed by atoms with Crippen LogP contribution in [-0.4, -0.2) is 28.1 Å². The Morgan fingerprint density at radius 3 is 2.58 bits per heavy atom. The maximum absolute atomic E-state index is 12.3. The lowest BCUT2D eigenvalue weighted by Crippen LogP contribution is -2.21. The van der Waals surface area contributed by atoms with Crippen LogP contribution in [0.2, 0.25) is 0 Å². The monoisotopic (exact) mass is 334 g/mol. The fraction of sp³-hybridized carbons (Fsp3) is 0.176. The van der Waals surface area contributed by atoms with Gasteiger partial charge < -0.3 is 4.74 Å². The van der Waals surface area contributed by atoms with Crippen molar-refractivity contribution in [2.45, 2.75) is 13.1 Å². The zero-order valence-electron chi connectivity index (χ0n) is 12.7. The van der Waals surface area contributed by atoms with Gasteiger partial charge >= 0.3 is 12.1 Å². The van der Waals surface area contributed by atoms with Crippen LogP contribution in [0, 0.1) is 6.92 Å². The predicted octanol–water partition coefficient (Wildman–Crippen LogP) is 4.03. The molecule has 2 heterocycles. The molecule has 0 atom stereocenters. The van der Waals surface area contributed by atoms with Gasteiger partial charge in [0.2, 0.25) is 0 Å². The van der Waals surface area contributed by atoms with Gasteiger partial charge in [0.1, 0.15) is 11.3 Å². The molecular weight excluding hydrogens is 321 g/mol. The minimum atomic E-state index is -4.58. The molecule has 0 aliphatic carbocycles. The fourth-order valence-corrected chi connectivity index (χ4v) is 2.35. The summed E-state index contributed by atoms with van der Waals surface area (Å²) in [5.41, 5.74) is 2.27. The van der Waals surface area contributed by atoms with Gasteiger partial charge in [-0.1, -0.05) is 30.3 Å². The van der Waals surface area contributed by atoms with Crippen molar-refractivity contribution in [1.82, 2.24) is 9.38 Å². The van der Waals surface area contributed by atoms with Crippen molar-refractivity contribution in [2.24, 2.45) is 0 Å². The molecule has 4 nitrogen and oxygen atoms in total. The first-order valence-corrected chi connectivity index (χ1v) is 7.13. The van der Waals surface area contributed by atoms with Crippen molar-refractivity contribution in [1.29, 1.82) is 0 Å². The molecule has 2 aromatic heterocycles. The molecule has 0 fully saturated rings. The number of fused-ring (bicyclic) bond motifs is 1. The van der Waals surface area contributed by atoms with E-state index in [4.69, 9.17) is 0 Å². The van der Waals surface area contributed by atoms with Gasteiger partial charge in [0, 0.05) is 11.8 Å².